The molecule has 0 saturated carbocycles. The Morgan fingerprint density at radius 3 is 1.84 bits per heavy atom. The van der Waals surface area contributed by atoms with Gasteiger partial charge in [0.2, 0.25) is 0 Å². The molecule has 0 aliphatic rings. The molecular formula is C19H32CaO4S. The van der Waals surface area contributed by atoms with Gasteiger partial charge in [0.05, 0.1) is 13.2 Å². The monoisotopic (exact) mass is 396 g/mol. The zero-order valence-corrected chi connectivity index (χ0v) is 18.6. The van der Waals surface area contributed by atoms with E-state index in [1.54, 1.807) is 0 Å². The molecule has 2 radical (unpaired) electrons. The SMILES string of the molecule is CCCCCCCCCCCCOS(=O)(=O)OCc1ccccc1.[Ca]. The van der Waals surface area contributed by atoms with Crippen LogP contribution in [-0.2, 0) is 25.4 Å². The Kier molecular flexibility index (Phi) is 16.7. The van der Waals surface area contributed by atoms with Crippen molar-refractivity contribution in [3.8, 4) is 0 Å². The van der Waals surface area contributed by atoms with Crippen LogP contribution in [0.3, 0.4) is 0 Å². The van der Waals surface area contributed by atoms with Crippen molar-refractivity contribution in [2.75, 3.05) is 6.61 Å². The maximum absolute atomic E-state index is 11.6. The van der Waals surface area contributed by atoms with Gasteiger partial charge >= 0.3 is 10.4 Å². The quantitative estimate of drug-likeness (QED) is 0.309. The molecule has 0 amide bonds. The van der Waals surface area contributed by atoms with Crippen LogP contribution in [-0.4, -0.2) is 52.8 Å². The van der Waals surface area contributed by atoms with Crippen LogP contribution in [0.15, 0.2) is 30.3 Å². The van der Waals surface area contributed by atoms with Crippen LogP contribution < -0.4 is 0 Å². The van der Waals surface area contributed by atoms with E-state index in [0.717, 1.165) is 24.8 Å². The summed E-state index contributed by atoms with van der Waals surface area (Å²) in [7, 11) is -3.89. The molecule has 25 heavy (non-hydrogen) atoms. The molecule has 0 spiro atoms. The Bertz CT molecular complexity index is 505. The van der Waals surface area contributed by atoms with Gasteiger partial charge in [-0.15, -0.1) is 0 Å². The minimum atomic E-state index is -3.89. The minimum absolute atomic E-state index is 0. The summed E-state index contributed by atoms with van der Waals surface area (Å²) in [6.07, 6.45) is 12.1. The molecule has 0 aliphatic carbocycles. The first-order chi connectivity index (χ1) is 11.6. The molecule has 0 aromatic heterocycles. The molecule has 0 aliphatic heterocycles. The fourth-order valence-corrected chi connectivity index (χ4v) is 3.17. The van der Waals surface area contributed by atoms with Gasteiger partial charge in [-0.25, -0.2) is 8.37 Å². The third kappa shape index (κ3) is 15.1. The smallest absolute Gasteiger partial charge is 0.248 e. The van der Waals surface area contributed by atoms with Gasteiger partial charge < -0.3 is 0 Å². The molecule has 6 heteroatoms. The third-order valence-corrected chi connectivity index (χ3v) is 4.80. The fraction of sp³-hybridized carbons (Fsp3) is 0.684. The number of benzene rings is 1. The maximum atomic E-state index is 11.6. The molecule has 4 nitrogen and oxygen atoms in total. The largest absolute Gasteiger partial charge is 0.400 e. The Balaban J connectivity index is 0.00000576. The van der Waals surface area contributed by atoms with Crippen LogP contribution in [0.2, 0.25) is 0 Å². The van der Waals surface area contributed by atoms with E-state index in [-0.39, 0.29) is 51.0 Å². The molecule has 0 N–H and O–H groups in total. The summed E-state index contributed by atoms with van der Waals surface area (Å²) >= 11 is 0. The van der Waals surface area contributed by atoms with Gasteiger partial charge in [0, 0.05) is 37.7 Å². The predicted octanol–water partition coefficient (Wildman–Crippen LogP) is 5.00. The van der Waals surface area contributed by atoms with Gasteiger partial charge in [-0.05, 0) is 12.0 Å². The second kappa shape index (κ2) is 16.5. The molecule has 1 aromatic carbocycles. The molecule has 0 heterocycles. The van der Waals surface area contributed by atoms with Crippen LogP contribution in [0.4, 0.5) is 0 Å². The summed E-state index contributed by atoms with van der Waals surface area (Å²) < 4.78 is 33.0. The Hall–Kier alpha value is 0.350. The summed E-state index contributed by atoms with van der Waals surface area (Å²) in [4.78, 5) is 0. The van der Waals surface area contributed by atoms with Crippen LogP contribution in [0, 0.1) is 0 Å². The molecule has 0 unspecified atom stereocenters. The van der Waals surface area contributed by atoms with Crippen molar-refractivity contribution in [1.29, 1.82) is 0 Å². The van der Waals surface area contributed by atoms with E-state index in [1.807, 2.05) is 30.3 Å². The van der Waals surface area contributed by atoms with Gasteiger partial charge in [0.1, 0.15) is 0 Å². The molecule has 0 saturated heterocycles. The molecule has 140 valence electrons. The van der Waals surface area contributed by atoms with Crippen molar-refractivity contribution >= 4 is 48.1 Å². The number of hydrogen-bond acceptors (Lipinski definition) is 4. The van der Waals surface area contributed by atoms with Crippen molar-refractivity contribution in [3.63, 3.8) is 0 Å². The van der Waals surface area contributed by atoms with Gasteiger partial charge in [-0.3, -0.25) is 0 Å². The van der Waals surface area contributed by atoms with E-state index >= 15 is 0 Å². The fourth-order valence-electron chi connectivity index (χ4n) is 2.50. The van der Waals surface area contributed by atoms with Crippen LogP contribution in [0.1, 0.15) is 76.7 Å². The van der Waals surface area contributed by atoms with E-state index in [0.29, 0.717) is 0 Å². The first-order valence-electron chi connectivity index (χ1n) is 9.22. The predicted molar refractivity (Wildman–Crippen MR) is 104 cm³/mol. The Labute approximate surface area is 184 Å². The van der Waals surface area contributed by atoms with E-state index in [2.05, 4.69) is 6.92 Å². The van der Waals surface area contributed by atoms with Gasteiger partial charge in [-0.1, -0.05) is 95.0 Å². The van der Waals surface area contributed by atoms with E-state index in [4.69, 9.17) is 8.37 Å². The van der Waals surface area contributed by atoms with E-state index in [9.17, 15) is 8.42 Å². The van der Waals surface area contributed by atoms with Gasteiger partial charge in [0.25, 0.3) is 0 Å². The van der Waals surface area contributed by atoms with Crippen LogP contribution in [0.25, 0.3) is 0 Å². The molecular weight excluding hydrogens is 364 g/mol. The van der Waals surface area contributed by atoms with Gasteiger partial charge in [-0.2, -0.15) is 8.42 Å². The topological polar surface area (TPSA) is 52.6 Å². The summed E-state index contributed by atoms with van der Waals surface area (Å²) in [5.41, 5.74) is 0.809. The third-order valence-electron chi connectivity index (χ3n) is 3.94. The first-order valence-corrected chi connectivity index (χ1v) is 10.5. The molecule has 1 aromatic rings. The second-order valence-electron chi connectivity index (χ2n) is 6.16. The molecule has 1 rings (SSSR count). The summed E-state index contributed by atoms with van der Waals surface area (Å²) in [6.45, 7) is 2.45. The Morgan fingerprint density at radius 2 is 1.28 bits per heavy atom. The second-order valence-corrected chi connectivity index (χ2v) is 7.45. The standard InChI is InChI=1S/C19H32O4S.Ca/c1-2-3-4-5-6-7-8-9-10-14-17-22-24(20,21)23-18-19-15-12-11-13-16-19;/h11-13,15-16H,2-10,14,17-18H2,1H3;. The van der Waals surface area contributed by atoms with Crippen molar-refractivity contribution in [1.82, 2.24) is 0 Å². The minimum Gasteiger partial charge on any atom is -0.248 e. The van der Waals surface area contributed by atoms with Crippen LogP contribution in [0.5, 0.6) is 0 Å². The van der Waals surface area contributed by atoms with Crippen molar-refractivity contribution in [2.24, 2.45) is 0 Å². The molecule has 0 bridgehead atoms. The molecule has 0 atom stereocenters. The number of hydrogen-bond donors (Lipinski definition) is 0. The maximum Gasteiger partial charge on any atom is 0.400 e. The zero-order chi connectivity index (χ0) is 17.5. The zero-order valence-electron chi connectivity index (χ0n) is 15.6. The van der Waals surface area contributed by atoms with Gasteiger partial charge in [0.15, 0.2) is 0 Å². The molecule has 0 fully saturated rings. The Morgan fingerprint density at radius 1 is 0.760 bits per heavy atom. The average Bonchev–Trinajstić information content (AvgIpc) is 2.59. The van der Waals surface area contributed by atoms with Crippen molar-refractivity contribution in [2.45, 2.75) is 77.7 Å². The summed E-state index contributed by atoms with van der Waals surface area (Å²) in [5, 5.41) is 0. The first kappa shape index (κ1) is 25.3. The van der Waals surface area contributed by atoms with E-state index < -0.39 is 10.4 Å². The normalized spacial score (nSPS) is 11.2. The van der Waals surface area contributed by atoms with Crippen molar-refractivity contribution < 1.29 is 16.8 Å². The average molecular weight is 397 g/mol. The summed E-state index contributed by atoms with van der Waals surface area (Å²) in [5.74, 6) is 0. The number of unbranched alkanes of at least 4 members (excludes halogenated alkanes) is 9. The van der Waals surface area contributed by atoms with Crippen LogP contribution >= 0.6 is 0 Å². The number of rotatable bonds is 15. The van der Waals surface area contributed by atoms with E-state index in [1.165, 1.54) is 44.9 Å². The van der Waals surface area contributed by atoms with Crippen molar-refractivity contribution in [3.05, 3.63) is 35.9 Å². The summed E-state index contributed by atoms with van der Waals surface area (Å²) in [6, 6.07) is 9.20.